The van der Waals surface area contributed by atoms with Gasteiger partial charge in [0.25, 0.3) is 0 Å². The first kappa shape index (κ1) is 33.4. The van der Waals surface area contributed by atoms with Crippen molar-refractivity contribution in [3.63, 3.8) is 0 Å². The summed E-state index contributed by atoms with van der Waals surface area (Å²) in [4.78, 5) is 0. The van der Waals surface area contributed by atoms with Crippen LogP contribution in [0.4, 0.5) is 11.4 Å². The van der Waals surface area contributed by atoms with E-state index < -0.39 is 0 Å². The molecule has 1 nitrogen and oxygen atoms in total. The highest BCUT2D eigenvalue weighted by Gasteiger charge is 2.14. The van der Waals surface area contributed by atoms with E-state index in [2.05, 4.69) is 225 Å². The van der Waals surface area contributed by atoms with Crippen molar-refractivity contribution in [3.05, 3.63) is 218 Å². The molecule has 0 aliphatic heterocycles. The number of fused-ring (bicyclic) bond motifs is 6. The zero-order valence-corrected chi connectivity index (χ0v) is 31.2. The van der Waals surface area contributed by atoms with Crippen molar-refractivity contribution in [2.45, 2.75) is 6.92 Å². The number of hydrogen-bond acceptors (Lipinski definition) is 1. The topological polar surface area (TPSA) is 12.0 Å². The van der Waals surface area contributed by atoms with E-state index >= 15 is 0 Å². The van der Waals surface area contributed by atoms with Crippen LogP contribution in [0.15, 0.2) is 212 Å². The number of aryl methyl sites for hydroxylation is 1. The molecule has 10 aromatic rings. The van der Waals surface area contributed by atoms with Crippen LogP contribution in [0.3, 0.4) is 0 Å². The van der Waals surface area contributed by atoms with Gasteiger partial charge in [-0.3, -0.25) is 0 Å². The van der Waals surface area contributed by atoms with Gasteiger partial charge in [0, 0.05) is 16.9 Å². The first-order chi connectivity index (χ1) is 27.7. The molecule has 0 amide bonds. The Labute approximate surface area is 328 Å². The second-order valence-corrected chi connectivity index (χ2v) is 14.7. The highest BCUT2D eigenvalue weighted by molar-refractivity contribution is 6.25. The van der Waals surface area contributed by atoms with Crippen LogP contribution in [0.5, 0.6) is 0 Å². The molecule has 10 aromatic carbocycles. The molecule has 0 aromatic heterocycles. The molecule has 264 valence electrons. The largest absolute Gasteiger partial charge is 0.355 e. The molecule has 56 heavy (non-hydrogen) atoms. The van der Waals surface area contributed by atoms with E-state index in [1.807, 2.05) is 0 Å². The molecule has 1 N–H and O–H groups in total. The fourth-order valence-electron chi connectivity index (χ4n) is 8.31. The highest BCUT2D eigenvalue weighted by atomic mass is 14.9. The number of rotatable bonds is 7. The van der Waals surface area contributed by atoms with E-state index in [-0.39, 0.29) is 0 Å². The Morgan fingerprint density at radius 2 is 0.696 bits per heavy atom. The van der Waals surface area contributed by atoms with Gasteiger partial charge >= 0.3 is 0 Å². The van der Waals surface area contributed by atoms with Crippen molar-refractivity contribution in [1.82, 2.24) is 0 Å². The van der Waals surface area contributed by atoms with Gasteiger partial charge in [0.15, 0.2) is 0 Å². The maximum absolute atomic E-state index is 3.84. The summed E-state index contributed by atoms with van der Waals surface area (Å²) < 4.78 is 0. The van der Waals surface area contributed by atoms with Gasteiger partial charge < -0.3 is 5.32 Å². The van der Waals surface area contributed by atoms with Crippen LogP contribution in [0, 0.1) is 6.92 Å². The molecule has 0 radical (unpaired) electrons. The molecule has 10 rings (SSSR count). The molecule has 1 heteroatoms. The third-order valence-electron chi connectivity index (χ3n) is 11.2. The molecular weight excluding hydrogens is 675 g/mol. The number of hydrogen-bond donors (Lipinski definition) is 1. The molecule has 0 bridgehead atoms. The fraction of sp³-hybridized carbons (Fsp3) is 0.0182. The summed E-state index contributed by atoms with van der Waals surface area (Å²) in [7, 11) is 0. The van der Waals surface area contributed by atoms with E-state index in [0.29, 0.717) is 0 Å². The Hall–Kier alpha value is -7.22. The first-order valence-corrected chi connectivity index (χ1v) is 19.3. The van der Waals surface area contributed by atoms with Gasteiger partial charge in [0.1, 0.15) is 0 Å². The van der Waals surface area contributed by atoms with Gasteiger partial charge in [-0.25, -0.2) is 0 Å². The van der Waals surface area contributed by atoms with Crippen LogP contribution in [-0.4, -0.2) is 0 Å². The van der Waals surface area contributed by atoms with Gasteiger partial charge in [-0.05, 0) is 137 Å². The normalized spacial score (nSPS) is 11.3. The molecule has 0 aliphatic rings. The van der Waals surface area contributed by atoms with E-state index in [1.165, 1.54) is 93.5 Å². The lowest BCUT2D eigenvalue weighted by Gasteiger charge is -2.18. The van der Waals surface area contributed by atoms with Crippen LogP contribution < -0.4 is 5.32 Å². The summed E-state index contributed by atoms with van der Waals surface area (Å²) in [6.07, 6.45) is 0. The molecule has 0 spiro atoms. The van der Waals surface area contributed by atoms with Crippen molar-refractivity contribution in [2.24, 2.45) is 0 Å². The molecule has 0 atom stereocenters. The molecule has 0 saturated carbocycles. The van der Waals surface area contributed by atoms with Crippen molar-refractivity contribution in [3.8, 4) is 55.6 Å². The van der Waals surface area contributed by atoms with Crippen LogP contribution in [0.25, 0.3) is 88.0 Å². The molecule has 0 aliphatic carbocycles. The van der Waals surface area contributed by atoms with Gasteiger partial charge in [0.2, 0.25) is 0 Å². The molecule has 0 fully saturated rings. The Kier molecular flexibility index (Phi) is 8.46. The third kappa shape index (κ3) is 6.20. The average molecular weight is 714 g/mol. The molecule has 0 saturated heterocycles. The Balaban J connectivity index is 1.02. The minimum Gasteiger partial charge on any atom is -0.355 e. The van der Waals surface area contributed by atoms with Crippen LogP contribution >= 0.6 is 0 Å². The monoisotopic (exact) mass is 713 g/mol. The Bertz CT molecular complexity index is 3010. The summed E-state index contributed by atoms with van der Waals surface area (Å²) in [5, 5.41) is 11.6. The van der Waals surface area contributed by atoms with Crippen LogP contribution in [0.1, 0.15) is 5.56 Å². The zero-order chi connectivity index (χ0) is 37.4. The molecule has 0 heterocycles. The summed E-state index contributed by atoms with van der Waals surface area (Å²) in [5.74, 6) is 0. The minimum absolute atomic E-state index is 1.04. The number of benzene rings is 10. The summed E-state index contributed by atoms with van der Waals surface area (Å²) >= 11 is 0. The number of anilines is 2. The molecular formula is C55H39N. The fourth-order valence-corrected chi connectivity index (χ4v) is 8.31. The Morgan fingerprint density at radius 3 is 1.32 bits per heavy atom. The zero-order valence-electron chi connectivity index (χ0n) is 31.2. The lowest BCUT2D eigenvalue weighted by atomic mass is 9.91. The summed E-state index contributed by atoms with van der Waals surface area (Å²) in [6.45, 7) is 2.21. The lowest BCUT2D eigenvalue weighted by molar-refractivity contribution is 1.44. The van der Waals surface area contributed by atoms with Crippen molar-refractivity contribution in [2.75, 3.05) is 5.32 Å². The first-order valence-electron chi connectivity index (χ1n) is 19.3. The van der Waals surface area contributed by atoms with Gasteiger partial charge in [-0.15, -0.1) is 0 Å². The van der Waals surface area contributed by atoms with Crippen LogP contribution in [0.2, 0.25) is 0 Å². The SMILES string of the molecule is Cc1ccc(-c2ccccc2)cc1-c1cc(-c2ccccc2)ccc1Nc1cccc(-c2cccc(-c3ccc4c5ccccc5c5ccccc5c4c3)c2)c1. The maximum atomic E-state index is 3.84. The maximum Gasteiger partial charge on any atom is 0.0464 e. The minimum atomic E-state index is 1.04. The summed E-state index contributed by atoms with van der Waals surface area (Å²) in [5.41, 5.74) is 15.3. The predicted molar refractivity (Wildman–Crippen MR) is 241 cm³/mol. The highest BCUT2D eigenvalue weighted by Crippen LogP contribution is 2.40. The second-order valence-electron chi connectivity index (χ2n) is 14.7. The summed E-state index contributed by atoms with van der Waals surface area (Å²) in [6, 6.07) is 77.1. The smallest absolute Gasteiger partial charge is 0.0464 e. The van der Waals surface area contributed by atoms with Gasteiger partial charge in [-0.1, -0.05) is 170 Å². The van der Waals surface area contributed by atoms with Crippen molar-refractivity contribution < 1.29 is 0 Å². The third-order valence-corrected chi connectivity index (χ3v) is 11.2. The van der Waals surface area contributed by atoms with Crippen molar-refractivity contribution in [1.29, 1.82) is 0 Å². The quantitative estimate of drug-likeness (QED) is 0.162. The van der Waals surface area contributed by atoms with Gasteiger partial charge in [0.05, 0.1) is 0 Å². The second kappa shape index (κ2) is 14.2. The van der Waals surface area contributed by atoms with Crippen LogP contribution in [-0.2, 0) is 0 Å². The standard InChI is InChI=1S/C55H39N/c1-37-26-27-43(38-14-4-2-5-15-38)34-52(37)54-36-44(39-16-6-3-7-17-39)29-31-55(54)56-46-21-13-20-42(33-46)40-18-12-19-41(32-40)45-28-30-51-49-24-9-8-22-47(49)48-23-10-11-25-50(48)53(51)35-45/h2-36,56H,1H3. The van der Waals surface area contributed by atoms with Gasteiger partial charge in [-0.2, -0.15) is 0 Å². The molecule has 0 unspecified atom stereocenters. The van der Waals surface area contributed by atoms with E-state index in [0.717, 1.165) is 11.4 Å². The van der Waals surface area contributed by atoms with E-state index in [4.69, 9.17) is 0 Å². The number of nitrogens with one attached hydrogen (secondary N) is 1. The van der Waals surface area contributed by atoms with E-state index in [9.17, 15) is 0 Å². The Morgan fingerprint density at radius 1 is 0.268 bits per heavy atom. The lowest BCUT2D eigenvalue weighted by Crippen LogP contribution is -1.96. The average Bonchev–Trinajstić information content (AvgIpc) is 3.27. The van der Waals surface area contributed by atoms with Crippen molar-refractivity contribution >= 4 is 43.7 Å². The predicted octanol–water partition coefficient (Wildman–Crippen LogP) is 15.5. The van der Waals surface area contributed by atoms with E-state index in [1.54, 1.807) is 0 Å².